The van der Waals surface area contributed by atoms with E-state index in [0.29, 0.717) is 11.3 Å². The minimum absolute atomic E-state index is 0.130. The smallest absolute Gasteiger partial charge is 0.360 e. The molecule has 0 aliphatic heterocycles. The molecule has 0 saturated carbocycles. The van der Waals surface area contributed by atoms with E-state index < -0.39 is 22.5 Å². The summed E-state index contributed by atoms with van der Waals surface area (Å²) in [4.78, 5) is 13.7. The molecule has 0 unspecified atom stereocenters. The number of anilines is 1. The lowest BCUT2D eigenvalue weighted by molar-refractivity contribution is -0.129. The summed E-state index contributed by atoms with van der Waals surface area (Å²) in [5.41, 5.74) is 3.68. The number of oxime groups is 1. The van der Waals surface area contributed by atoms with Gasteiger partial charge in [-0.05, 0) is 0 Å². The number of aromatic nitrogens is 1. The summed E-state index contributed by atoms with van der Waals surface area (Å²) in [5.74, 6) is -1.58. The molecule has 0 bridgehead atoms. The molecule has 1 aromatic heterocycles. The van der Waals surface area contributed by atoms with E-state index in [-0.39, 0.29) is 5.13 Å². The maximum absolute atomic E-state index is 12.8. The molecule has 0 saturated heterocycles. The molecule has 1 aromatic rings. The van der Waals surface area contributed by atoms with Gasteiger partial charge in [-0.25, -0.2) is 9.78 Å². The molecule has 4 N–H and O–H groups in total. The van der Waals surface area contributed by atoms with Crippen LogP contribution in [-0.2, 0) is 4.79 Å². The topological polar surface area (TPSA) is 109 Å². The van der Waals surface area contributed by atoms with E-state index >= 15 is 0 Å². The van der Waals surface area contributed by atoms with E-state index in [0.717, 1.165) is 0 Å². The fraction of sp³-hybridized carbons (Fsp3) is 0. The fourth-order valence-electron chi connectivity index (χ4n) is 0.655. The van der Waals surface area contributed by atoms with Crippen LogP contribution >= 0.6 is 11.3 Å². The number of nitrogen functional groups attached to an aromatic ring is 1. The maximum Gasteiger partial charge on any atom is 0.360 e. The lowest BCUT2D eigenvalue weighted by Gasteiger charge is -1.92. The molecule has 70 valence electrons. The number of nitrogens with two attached hydrogens (primary N) is 1. The van der Waals surface area contributed by atoms with Crippen LogP contribution in [0.15, 0.2) is 5.16 Å². The van der Waals surface area contributed by atoms with Crippen molar-refractivity contribution < 1.29 is 19.5 Å². The Morgan fingerprint density at radius 3 is 2.62 bits per heavy atom. The van der Waals surface area contributed by atoms with Gasteiger partial charge in [0, 0.05) is 0 Å². The number of thiazole rings is 1. The Hall–Kier alpha value is -1.70. The number of hydrogen-bond acceptors (Lipinski definition) is 6. The van der Waals surface area contributed by atoms with Crippen molar-refractivity contribution in [1.29, 1.82) is 0 Å². The van der Waals surface area contributed by atoms with Crippen molar-refractivity contribution in [3.05, 3.63) is 10.8 Å². The second-order valence-corrected chi connectivity index (χ2v) is 2.91. The van der Waals surface area contributed by atoms with Gasteiger partial charge < -0.3 is 16.0 Å². The van der Waals surface area contributed by atoms with Gasteiger partial charge in [0.05, 0.1) is 0 Å². The van der Waals surface area contributed by atoms with Crippen LogP contribution in [0.4, 0.5) is 9.52 Å². The average Bonchev–Trinajstić information content (AvgIpc) is 2.31. The molecule has 1 heterocycles. The molecule has 0 fully saturated rings. The number of nitrogens with zero attached hydrogens (tertiary/aromatic N) is 2. The van der Waals surface area contributed by atoms with Crippen molar-refractivity contribution in [3.8, 4) is 0 Å². The highest BCUT2D eigenvalue weighted by Gasteiger charge is 2.22. The zero-order valence-corrected chi connectivity index (χ0v) is 6.88. The first-order chi connectivity index (χ1) is 6.06. The third-order valence-electron chi connectivity index (χ3n) is 1.13. The molecule has 0 radical (unpaired) electrons. The summed E-state index contributed by atoms with van der Waals surface area (Å²) in [6.07, 6.45) is 0. The first-order valence-corrected chi connectivity index (χ1v) is 3.75. The number of carbonyl (C=O) groups is 1. The van der Waals surface area contributed by atoms with Gasteiger partial charge in [-0.15, -0.1) is 0 Å². The van der Waals surface area contributed by atoms with E-state index in [1.54, 1.807) is 0 Å². The van der Waals surface area contributed by atoms with Gasteiger partial charge in [0.25, 0.3) is 0 Å². The average molecular weight is 205 g/mol. The Morgan fingerprint density at radius 1 is 1.69 bits per heavy atom. The largest absolute Gasteiger partial charge is 0.476 e. The van der Waals surface area contributed by atoms with Gasteiger partial charge in [0.1, 0.15) is 5.69 Å². The first kappa shape index (κ1) is 9.39. The number of carboxylic acids is 1. The second-order valence-electron chi connectivity index (χ2n) is 1.93. The van der Waals surface area contributed by atoms with Crippen LogP contribution in [0.5, 0.6) is 0 Å². The maximum atomic E-state index is 12.8. The third-order valence-corrected chi connectivity index (χ3v) is 1.80. The number of aliphatic carboxylic acids is 1. The molecule has 0 aliphatic rings. The number of hydrogen-bond donors (Lipinski definition) is 3. The van der Waals surface area contributed by atoms with Crippen LogP contribution in [-0.4, -0.2) is 27.0 Å². The number of carboxylic acid groups (broad SMARTS) is 1. The molecular formula is C5H4FN3O3S. The van der Waals surface area contributed by atoms with Crippen molar-refractivity contribution in [2.75, 3.05) is 5.73 Å². The van der Waals surface area contributed by atoms with Gasteiger partial charge in [0.2, 0.25) is 10.8 Å². The predicted molar refractivity (Wildman–Crippen MR) is 42.4 cm³/mol. The Morgan fingerprint density at radius 2 is 2.31 bits per heavy atom. The van der Waals surface area contributed by atoms with Gasteiger partial charge in [0.15, 0.2) is 5.13 Å². The highest BCUT2D eigenvalue weighted by Crippen LogP contribution is 2.18. The van der Waals surface area contributed by atoms with E-state index in [2.05, 4.69) is 10.1 Å². The molecule has 0 aliphatic carbocycles. The van der Waals surface area contributed by atoms with Crippen LogP contribution in [0.1, 0.15) is 5.69 Å². The molecule has 0 atom stereocenters. The normalized spacial score (nSPS) is 11.6. The van der Waals surface area contributed by atoms with Gasteiger partial charge >= 0.3 is 5.97 Å². The minimum atomic E-state index is -1.58. The summed E-state index contributed by atoms with van der Waals surface area (Å²) >= 11 is 0.475. The van der Waals surface area contributed by atoms with Crippen molar-refractivity contribution in [2.45, 2.75) is 0 Å². The van der Waals surface area contributed by atoms with E-state index in [4.69, 9.17) is 16.0 Å². The predicted octanol–water partition coefficient (Wildman–Crippen LogP) is 0.127. The monoisotopic (exact) mass is 205 g/mol. The molecule has 8 heteroatoms. The first-order valence-electron chi connectivity index (χ1n) is 2.93. The standard InChI is InChI=1S/C5H4FN3O3S/c6-3-1(8-5(7)13-3)2(9-12)4(10)11/h12H,(H2,7,8)(H,10,11)/b9-2-. The molecular weight excluding hydrogens is 201 g/mol. The summed E-state index contributed by atoms with van der Waals surface area (Å²) in [5, 5.41) is 18.0. The molecule has 0 aromatic carbocycles. The Kier molecular flexibility index (Phi) is 2.42. The number of rotatable bonds is 2. The molecule has 0 amide bonds. The molecule has 0 spiro atoms. The molecule has 6 nitrogen and oxygen atoms in total. The highest BCUT2D eigenvalue weighted by molar-refractivity contribution is 7.14. The van der Waals surface area contributed by atoms with E-state index in [1.165, 1.54) is 0 Å². The van der Waals surface area contributed by atoms with Crippen LogP contribution in [0.2, 0.25) is 0 Å². The van der Waals surface area contributed by atoms with Crippen LogP contribution in [0.3, 0.4) is 0 Å². The van der Waals surface area contributed by atoms with Gasteiger partial charge in [-0.3, -0.25) is 0 Å². The Bertz CT molecular complexity index is 375. The van der Waals surface area contributed by atoms with Crippen molar-refractivity contribution in [2.24, 2.45) is 5.16 Å². The quantitative estimate of drug-likeness (QED) is 0.361. The summed E-state index contributed by atoms with van der Waals surface area (Å²) < 4.78 is 12.8. The lowest BCUT2D eigenvalue weighted by atomic mass is 10.3. The Balaban J connectivity index is 3.20. The van der Waals surface area contributed by atoms with Crippen LogP contribution in [0, 0.1) is 5.13 Å². The second kappa shape index (κ2) is 3.35. The summed E-state index contributed by atoms with van der Waals surface area (Å²) in [7, 11) is 0. The van der Waals surface area contributed by atoms with Gasteiger partial charge in [-0.1, -0.05) is 16.5 Å². The van der Waals surface area contributed by atoms with Crippen molar-refractivity contribution in [3.63, 3.8) is 0 Å². The molecule has 13 heavy (non-hydrogen) atoms. The minimum Gasteiger partial charge on any atom is -0.476 e. The van der Waals surface area contributed by atoms with Gasteiger partial charge in [-0.2, -0.15) is 4.39 Å². The summed E-state index contributed by atoms with van der Waals surface area (Å²) in [6, 6.07) is 0. The van der Waals surface area contributed by atoms with Crippen molar-refractivity contribution >= 4 is 28.1 Å². The SMILES string of the molecule is Nc1nc(/C(=N/O)C(=O)O)c(F)s1. The highest BCUT2D eigenvalue weighted by atomic mass is 32.1. The molecule has 1 rings (SSSR count). The van der Waals surface area contributed by atoms with Crippen LogP contribution < -0.4 is 5.73 Å². The summed E-state index contributed by atoms with van der Waals surface area (Å²) in [6.45, 7) is 0. The lowest BCUT2D eigenvalue weighted by Crippen LogP contribution is -2.16. The Labute approximate surface area is 75.1 Å². The van der Waals surface area contributed by atoms with Crippen LogP contribution in [0.25, 0.3) is 0 Å². The third kappa shape index (κ3) is 1.72. The number of halogens is 1. The van der Waals surface area contributed by atoms with E-state index in [9.17, 15) is 9.18 Å². The zero-order chi connectivity index (χ0) is 10.0. The van der Waals surface area contributed by atoms with E-state index in [1.807, 2.05) is 0 Å². The van der Waals surface area contributed by atoms with Crippen molar-refractivity contribution in [1.82, 2.24) is 4.98 Å². The zero-order valence-electron chi connectivity index (χ0n) is 6.06. The fourth-order valence-corrected chi connectivity index (χ4v) is 1.21.